The van der Waals surface area contributed by atoms with Gasteiger partial charge in [0.25, 0.3) is 0 Å². The molecule has 0 saturated heterocycles. The maximum atomic E-state index is 14.5. The summed E-state index contributed by atoms with van der Waals surface area (Å²) in [6.07, 6.45) is -0.330. The third kappa shape index (κ3) is 3.58. The molecule has 0 amide bonds. The Hall–Kier alpha value is -2.54. The Labute approximate surface area is 159 Å². The molecule has 0 saturated carbocycles. The van der Waals surface area contributed by atoms with Gasteiger partial charge in [0.2, 0.25) is 0 Å². The van der Waals surface area contributed by atoms with Crippen LogP contribution in [0.4, 0.5) is 14.5 Å². The average molecular weight is 405 g/mol. The van der Waals surface area contributed by atoms with E-state index in [1.54, 1.807) is 31.2 Å². The smallest absolute Gasteiger partial charge is 0.329 e. The summed E-state index contributed by atoms with van der Waals surface area (Å²) >= 11 is 0. The van der Waals surface area contributed by atoms with Gasteiger partial charge in [-0.15, -0.1) is 0 Å². The lowest BCUT2D eigenvalue weighted by molar-refractivity contribution is 0.371. The van der Waals surface area contributed by atoms with Crippen molar-refractivity contribution in [3.63, 3.8) is 0 Å². The first-order chi connectivity index (χ1) is 13.2. The van der Waals surface area contributed by atoms with E-state index >= 15 is 0 Å². The van der Waals surface area contributed by atoms with Gasteiger partial charge >= 0.3 is 7.60 Å². The molecule has 3 N–H and O–H groups in total. The van der Waals surface area contributed by atoms with Gasteiger partial charge in [0.1, 0.15) is 11.6 Å². The summed E-state index contributed by atoms with van der Waals surface area (Å²) in [5.41, 5.74) is 3.04. The van der Waals surface area contributed by atoms with Gasteiger partial charge in [0, 0.05) is 12.6 Å². The highest BCUT2D eigenvalue weighted by Crippen LogP contribution is 2.40. The molecule has 6 nitrogen and oxygen atoms in total. The fourth-order valence-electron chi connectivity index (χ4n) is 3.49. The third-order valence-corrected chi connectivity index (χ3v) is 5.48. The van der Waals surface area contributed by atoms with Crippen LogP contribution in [0.15, 0.2) is 41.4 Å². The first kappa shape index (κ1) is 18.8. The monoisotopic (exact) mass is 405 g/mol. The highest BCUT2D eigenvalue weighted by molar-refractivity contribution is 7.50. The van der Waals surface area contributed by atoms with Crippen LogP contribution in [0.5, 0.6) is 0 Å². The van der Waals surface area contributed by atoms with E-state index in [1.807, 2.05) is 4.57 Å². The van der Waals surface area contributed by atoms with Crippen LogP contribution in [0, 0.1) is 11.6 Å². The number of aromatic nitrogens is 1. The number of amidine groups is 1. The predicted molar refractivity (Wildman–Crippen MR) is 103 cm³/mol. The van der Waals surface area contributed by atoms with Crippen molar-refractivity contribution in [1.82, 2.24) is 9.88 Å². The van der Waals surface area contributed by atoms with Gasteiger partial charge in [-0.1, -0.05) is 24.3 Å². The van der Waals surface area contributed by atoms with Gasteiger partial charge in [-0.05, 0) is 24.1 Å². The molecule has 1 aliphatic rings. The number of nitrogens with zero attached hydrogens (tertiary/aromatic N) is 2. The summed E-state index contributed by atoms with van der Waals surface area (Å²) in [6.45, 7) is 2.57. The highest BCUT2D eigenvalue weighted by Gasteiger charge is 2.23. The average Bonchev–Trinajstić information content (AvgIpc) is 2.88. The van der Waals surface area contributed by atoms with Gasteiger partial charge in [0.05, 0.1) is 40.8 Å². The van der Waals surface area contributed by atoms with Crippen molar-refractivity contribution in [2.75, 3.05) is 0 Å². The Morgan fingerprint density at radius 3 is 2.54 bits per heavy atom. The van der Waals surface area contributed by atoms with E-state index in [0.717, 1.165) is 17.3 Å². The van der Waals surface area contributed by atoms with Crippen molar-refractivity contribution < 1.29 is 23.1 Å². The van der Waals surface area contributed by atoms with E-state index in [1.165, 1.54) is 6.07 Å². The van der Waals surface area contributed by atoms with Crippen molar-refractivity contribution in [3.05, 3.63) is 64.9 Å². The van der Waals surface area contributed by atoms with E-state index in [0.29, 0.717) is 35.7 Å². The maximum Gasteiger partial charge on any atom is 0.329 e. The zero-order chi connectivity index (χ0) is 20.1. The van der Waals surface area contributed by atoms with Crippen LogP contribution in [0.2, 0.25) is 0 Å². The minimum atomic E-state index is -4.14. The lowest BCUT2D eigenvalue weighted by Crippen LogP contribution is -2.24. The van der Waals surface area contributed by atoms with Gasteiger partial charge in [-0.25, -0.2) is 13.8 Å². The number of fused-ring (bicyclic) bond motifs is 3. The van der Waals surface area contributed by atoms with Gasteiger partial charge < -0.3 is 19.7 Å². The summed E-state index contributed by atoms with van der Waals surface area (Å²) in [7, 11) is -4.14. The minimum absolute atomic E-state index is 0.287. The van der Waals surface area contributed by atoms with Crippen molar-refractivity contribution in [1.29, 1.82) is 0 Å². The normalized spacial score (nSPS) is 14.0. The van der Waals surface area contributed by atoms with Gasteiger partial charge in [-0.3, -0.25) is 4.57 Å². The number of nitrogens with one attached hydrogen (secondary N) is 1. The second kappa shape index (κ2) is 6.81. The lowest BCUT2D eigenvalue weighted by Gasteiger charge is -2.16. The summed E-state index contributed by atoms with van der Waals surface area (Å²) in [5, 5.41) is 3.41. The molecule has 28 heavy (non-hydrogen) atoms. The Morgan fingerprint density at radius 1 is 1.18 bits per heavy atom. The molecule has 1 aromatic heterocycles. The Morgan fingerprint density at radius 2 is 1.86 bits per heavy atom. The van der Waals surface area contributed by atoms with Crippen LogP contribution in [0.3, 0.4) is 0 Å². The van der Waals surface area contributed by atoms with E-state index in [4.69, 9.17) is 9.79 Å². The molecule has 0 aliphatic carbocycles. The molecule has 9 heteroatoms. The molecule has 0 radical (unpaired) electrons. The molecule has 146 valence electrons. The number of rotatable bonds is 4. The van der Waals surface area contributed by atoms with Crippen LogP contribution in [0.1, 0.15) is 23.7 Å². The largest absolute Gasteiger partial charge is 0.368 e. The summed E-state index contributed by atoms with van der Waals surface area (Å²) < 4.78 is 41.4. The zero-order valence-corrected chi connectivity index (χ0v) is 15.9. The second-order valence-electron chi connectivity index (χ2n) is 6.85. The maximum absolute atomic E-state index is 14.5. The molecular weight excluding hydrogens is 387 g/mol. The number of halogens is 2. The van der Waals surface area contributed by atoms with Crippen LogP contribution < -0.4 is 5.32 Å². The number of benzene rings is 2. The quantitative estimate of drug-likeness (QED) is 0.577. The van der Waals surface area contributed by atoms with Crippen LogP contribution in [-0.4, -0.2) is 20.2 Å². The van der Waals surface area contributed by atoms with E-state index in [-0.39, 0.29) is 11.5 Å². The summed E-state index contributed by atoms with van der Waals surface area (Å²) in [5.74, 6) is -0.649. The second-order valence-corrected chi connectivity index (χ2v) is 8.50. The molecule has 0 unspecified atom stereocenters. The van der Waals surface area contributed by atoms with E-state index in [9.17, 15) is 13.3 Å². The Bertz CT molecular complexity index is 1150. The molecule has 0 fully saturated rings. The molecule has 2 aromatic carbocycles. The molecule has 0 bridgehead atoms. The first-order valence-corrected chi connectivity index (χ1v) is 10.4. The topological polar surface area (TPSA) is 86.9 Å². The fourth-order valence-corrected chi connectivity index (χ4v) is 4.18. The van der Waals surface area contributed by atoms with Crippen LogP contribution in [-0.2, 0) is 23.8 Å². The molecule has 0 spiro atoms. The summed E-state index contributed by atoms with van der Waals surface area (Å²) in [4.78, 5) is 22.6. The van der Waals surface area contributed by atoms with Gasteiger partial charge in [-0.2, -0.15) is 0 Å². The van der Waals surface area contributed by atoms with Crippen LogP contribution in [0.25, 0.3) is 10.9 Å². The van der Waals surface area contributed by atoms with Gasteiger partial charge in [0.15, 0.2) is 0 Å². The van der Waals surface area contributed by atoms with Crippen molar-refractivity contribution in [2.24, 2.45) is 4.99 Å². The molecule has 1 aliphatic heterocycles. The minimum Gasteiger partial charge on any atom is -0.368 e. The van der Waals surface area contributed by atoms with E-state index < -0.39 is 19.2 Å². The Balaban J connectivity index is 1.78. The third-order valence-electron chi connectivity index (χ3n) is 4.70. The highest BCUT2D eigenvalue weighted by atomic mass is 31.2. The Kier molecular flexibility index (Phi) is 4.57. The van der Waals surface area contributed by atoms with Crippen molar-refractivity contribution >= 4 is 30.0 Å². The number of hydrogen-bond donors (Lipinski definition) is 3. The molecule has 2 heterocycles. The molecule has 0 atom stereocenters. The van der Waals surface area contributed by atoms with Crippen LogP contribution >= 0.6 is 7.60 Å². The predicted octanol–water partition coefficient (Wildman–Crippen LogP) is 3.80. The fraction of sp³-hybridized carbons (Fsp3) is 0.211. The SMILES string of the molecule is CC1=Nc2c(n(Cc3ccc(CP(=O)(O)O)cc3)c3cc(F)cc(F)c23)CN1. The molecule has 3 aromatic rings. The standard InChI is InChI=1S/C19H18F2N3O3P/c1-11-22-8-17-19(23-11)18-15(21)6-14(20)7-16(18)24(17)9-12-2-4-13(5-3-12)10-28(25,26)27/h2-7H,8-10H2,1H3,(H,22,23)(H2,25,26,27). The lowest BCUT2D eigenvalue weighted by atomic mass is 10.1. The number of aliphatic imine (C=N–C) groups is 1. The van der Waals surface area contributed by atoms with Crippen molar-refractivity contribution in [2.45, 2.75) is 26.2 Å². The number of hydrogen-bond acceptors (Lipinski definition) is 3. The molecular formula is C19H18F2N3O3P. The molecule has 4 rings (SSSR count). The van der Waals surface area contributed by atoms with Crippen molar-refractivity contribution in [3.8, 4) is 0 Å². The summed E-state index contributed by atoms with van der Waals surface area (Å²) in [6, 6.07) is 8.95. The first-order valence-electron chi connectivity index (χ1n) is 8.63. The van der Waals surface area contributed by atoms with E-state index in [2.05, 4.69) is 10.3 Å². The zero-order valence-electron chi connectivity index (χ0n) is 15.0.